The summed E-state index contributed by atoms with van der Waals surface area (Å²) in [5.41, 5.74) is 15.6. The molecule has 0 amide bonds. The highest BCUT2D eigenvalue weighted by molar-refractivity contribution is 7.00. The Morgan fingerprint density at radius 3 is 2.02 bits per heavy atom. The third-order valence-corrected chi connectivity index (χ3v) is 12.2. The molecule has 4 aromatic rings. The highest BCUT2D eigenvalue weighted by Crippen LogP contribution is 2.62. The number of benzene rings is 4. The van der Waals surface area contributed by atoms with Crippen LogP contribution in [0.5, 0.6) is 0 Å². The first-order valence-electron chi connectivity index (χ1n) is 16.4. The second kappa shape index (κ2) is 7.89. The van der Waals surface area contributed by atoms with Crippen molar-refractivity contribution >= 4 is 57.2 Å². The van der Waals surface area contributed by atoms with Crippen LogP contribution in [0.1, 0.15) is 85.3 Å². The Labute approximate surface area is 257 Å². The number of para-hydroxylation sites is 3. The maximum atomic E-state index is 2.86. The molecule has 0 saturated heterocycles. The summed E-state index contributed by atoms with van der Waals surface area (Å²) in [5.74, 6) is 0. The monoisotopic (exact) mass is 563 g/mol. The van der Waals surface area contributed by atoms with Crippen molar-refractivity contribution < 1.29 is 0 Å². The lowest BCUT2D eigenvalue weighted by Crippen LogP contribution is -2.66. The van der Waals surface area contributed by atoms with E-state index >= 15 is 0 Å². The quantitative estimate of drug-likeness (QED) is 0.218. The van der Waals surface area contributed by atoms with Gasteiger partial charge in [0, 0.05) is 28.2 Å². The maximum absolute atomic E-state index is 2.86. The Morgan fingerprint density at radius 2 is 1.30 bits per heavy atom. The zero-order valence-electron chi connectivity index (χ0n) is 26.8. The fraction of sp³-hybridized carbons (Fsp3) is 0.385. The number of hydrogen-bond donors (Lipinski definition) is 0. The van der Waals surface area contributed by atoms with E-state index in [1.54, 1.807) is 5.56 Å². The lowest BCUT2D eigenvalue weighted by molar-refractivity contribution is 0.195. The largest absolute Gasteiger partial charge is 0.335 e. The van der Waals surface area contributed by atoms with E-state index in [1.807, 2.05) is 0 Å². The highest BCUT2D eigenvalue weighted by Gasteiger charge is 2.62. The van der Waals surface area contributed by atoms with E-state index in [-0.39, 0.29) is 28.7 Å². The van der Waals surface area contributed by atoms with Crippen LogP contribution >= 0.6 is 0 Å². The zero-order chi connectivity index (χ0) is 29.7. The SMILES string of the molecule is CC(C)(C)c1cc2c3c(c1)N1c4c(cccc4C4(C)CCCCC14C)B3c1cccc3c1N2C(C)(C)N3c1ccccc1. The van der Waals surface area contributed by atoms with E-state index in [9.17, 15) is 0 Å². The van der Waals surface area contributed by atoms with Gasteiger partial charge in [0.2, 0.25) is 0 Å². The smallest absolute Gasteiger partial charge is 0.252 e. The van der Waals surface area contributed by atoms with E-state index in [2.05, 4.69) is 142 Å². The van der Waals surface area contributed by atoms with Gasteiger partial charge >= 0.3 is 0 Å². The number of hydrogen-bond acceptors (Lipinski definition) is 3. The van der Waals surface area contributed by atoms with Crippen molar-refractivity contribution in [3.8, 4) is 0 Å². The van der Waals surface area contributed by atoms with Crippen molar-refractivity contribution in [1.82, 2.24) is 0 Å². The maximum Gasteiger partial charge on any atom is 0.252 e. The summed E-state index contributed by atoms with van der Waals surface area (Å²) in [6, 6.07) is 30.5. The van der Waals surface area contributed by atoms with Crippen LogP contribution in [0.3, 0.4) is 0 Å². The topological polar surface area (TPSA) is 9.72 Å². The minimum absolute atomic E-state index is 0.0279. The van der Waals surface area contributed by atoms with Gasteiger partial charge in [-0.2, -0.15) is 0 Å². The van der Waals surface area contributed by atoms with Gasteiger partial charge in [0.15, 0.2) is 0 Å². The van der Waals surface area contributed by atoms with Crippen molar-refractivity contribution in [2.45, 2.75) is 96.2 Å². The fourth-order valence-corrected chi connectivity index (χ4v) is 9.92. The molecule has 0 aromatic heterocycles. The summed E-state index contributed by atoms with van der Waals surface area (Å²) >= 11 is 0. The van der Waals surface area contributed by atoms with Crippen LogP contribution in [0.15, 0.2) is 78.9 Å². The first-order chi connectivity index (χ1) is 20.5. The summed E-state index contributed by atoms with van der Waals surface area (Å²) in [6.45, 7) is 17.3. The van der Waals surface area contributed by atoms with Gasteiger partial charge in [-0.25, -0.2) is 0 Å². The lowest BCUT2D eigenvalue weighted by atomic mass is 9.33. The van der Waals surface area contributed by atoms with Crippen molar-refractivity contribution in [3.05, 3.63) is 90.0 Å². The molecule has 2 unspecified atom stereocenters. The molecule has 0 radical (unpaired) electrons. The lowest BCUT2D eigenvalue weighted by Gasteiger charge is -2.53. The Hall–Kier alpha value is -3.66. The Balaban J connectivity index is 1.42. The Morgan fingerprint density at radius 1 is 0.651 bits per heavy atom. The molecular formula is C39H42BN3. The van der Waals surface area contributed by atoms with E-state index in [1.165, 1.54) is 81.8 Å². The van der Waals surface area contributed by atoms with E-state index in [0.717, 1.165) is 0 Å². The normalized spacial score (nSPS) is 25.4. The van der Waals surface area contributed by atoms with Gasteiger partial charge in [0.1, 0.15) is 5.66 Å². The second-order valence-corrected chi connectivity index (χ2v) is 15.7. The van der Waals surface area contributed by atoms with Gasteiger partial charge in [0.25, 0.3) is 6.71 Å². The van der Waals surface area contributed by atoms with Crippen molar-refractivity contribution in [2.24, 2.45) is 0 Å². The molecule has 4 heterocycles. The molecule has 9 rings (SSSR count). The molecule has 43 heavy (non-hydrogen) atoms. The molecule has 5 aliphatic rings. The molecule has 1 saturated carbocycles. The Bertz CT molecular complexity index is 1850. The van der Waals surface area contributed by atoms with E-state index in [0.29, 0.717) is 0 Å². The average molecular weight is 564 g/mol. The molecule has 2 atom stereocenters. The molecule has 1 fully saturated rings. The molecule has 3 nitrogen and oxygen atoms in total. The number of nitrogens with zero attached hydrogens (tertiary/aromatic N) is 3. The molecule has 0 N–H and O–H groups in total. The van der Waals surface area contributed by atoms with Gasteiger partial charge in [-0.05, 0) is 96.9 Å². The van der Waals surface area contributed by atoms with Gasteiger partial charge in [-0.1, -0.05) is 89.1 Å². The number of rotatable bonds is 1. The minimum Gasteiger partial charge on any atom is -0.335 e. The highest BCUT2D eigenvalue weighted by atomic mass is 15.5. The standard InChI is InChI=1S/C39H42BN3/c1-36(2,3)25-23-31-33-32(24-25)43-34-27(38(6)21-11-12-22-39(38,43)7)17-13-18-28(34)40(33)29-19-14-20-30-35(29)42(31)37(4,5)41(30)26-15-9-8-10-16-26/h8-10,13-20,23-24H,11-12,21-22H2,1-7H3. The Kier molecular flexibility index (Phi) is 4.73. The van der Waals surface area contributed by atoms with Crippen molar-refractivity contribution in [2.75, 3.05) is 14.7 Å². The summed E-state index contributed by atoms with van der Waals surface area (Å²) in [5, 5.41) is 0. The van der Waals surface area contributed by atoms with Crippen LogP contribution in [0.25, 0.3) is 0 Å². The van der Waals surface area contributed by atoms with Crippen LogP contribution in [0.2, 0.25) is 0 Å². The summed E-state index contributed by atoms with van der Waals surface area (Å²) in [6.07, 6.45) is 5.10. The first kappa shape index (κ1) is 25.8. The van der Waals surface area contributed by atoms with E-state index < -0.39 is 0 Å². The third kappa shape index (κ3) is 2.89. The van der Waals surface area contributed by atoms with Gasteiger partial charge < -0.3 is 14.7 Å². The third-order valence-electron chi connectivity index (χ3n) is 12.2. The van der Waals surface area contributed by atoms with Crippen LogP contribution in [-0.4, -0.2) is 17.9 Å². The predicted octanol–water partition coefficient (Wildman–Crippen LogP) is 7.90. The van der Waals surface area contributed by atoms with Gasteiger partial charge in [-0.15, -0.1) is 0 Å². The van der Waals surface area contributed by atoms with Gasteiger partial charge in [-0.3, -0.25) is 0 Å². The van der Waals surface area contributed by atoms with Crippen LogP contribution < -0.4 is 31.1 Å². The molecule has 4 aromatic carbocycles. The zero-order valence-corrected chi connectivity index (χ0v) is 26.8. The molecule has 216 valence electrons. The van der Waals surface area contributed by atoms with Crippen molar-refractivity contribution in [1.29, 1.82) is 0 Å². The summed E-state index contributed by atoms with van der Waals surface area (Å²) < 4.78 is 0. The second-order valence-electron chi connectivity index (χ2n) is 15.7. The molecule has 1 aliphatic carbocycles. The van der Waals surface area contributed by atoms with Crippen LogP contribution in [0, 0.1) is 0 Å². The minimum atomic E-state index is -0.286. The van der Waals surface area contributed by atoms with Gasteiger partial charge in [0.05, 0.1) is 16.9 Å². The molecule has 4 heteroatoms. The number of anilines is 6. The molecular weight excluding hydrogens is 521 g/mol. The molecule has 0 spiro atoms. The van der Waals surface area contributed by atoms with Crippen LogP contribution in [-0.2, 0) is 10.8 Å². The predicted molar refractivity (Wildman–Crippen MR) is 184 cm³/mol. The molecule has 4 aliphatic heterocycles. The van der Waals surface area contributed by atoms with Crippen LogP contribution in [0.4, 0.5) is 34.1 Å². The number of fused-ring (bicyclic) bond motifs is 7. The van der Waals surface area contributed by atoms with E-state index in [4.69, 9.17) is 0 Å². The fourth-order valence-electron chi connectivity index (χ4n) is 9.92. The summed E-state index contributed by atoms with van der Waals surface area (Å²) in [4.78, 5) is 8.12. The van der Waals surface area contributed by atoms with Crippen molar-refractivity contribution in [3.63, 3.8) is 0 Å². The average Bonchev–Trinajstić information content (AvgIpc) is 3.35. The first-order valence-corrected chi connectivity index (χ1v) is 16.4. The molecule has 0 bridgehead atoms. The summed E-state index contributed by atoms with van der Waals surface area (Å²) in [7, 11) is 0.